The average molecular weight is 467 g/mol. The smallest absolute Gasteiger partial charge is 0.407 e. The zero-order valence-corrected chi connectivity index (χ0v) is 19.5. The zero-order chi connectivity index (χ0) is 24.2. The Bertz CT molecular complexity index is 705. The van der Waals surface area contributed by atoms with E-state index < -0.39 is 24.2 Å². The van der Waals surface area contributed by atoms with Crippen LogP contribution in [0.5, 0.6) is 0 Å². The minimum absolute atomic E-state index is 0.0228. The third-order valence-corrected chi connectivity index (χ3v) is 6.21. The zero-order valence-electron chi connectivity index (χ0n) is 19.5. The van der Waals surface area contributed by atoms with Crippen molar-refractivity contribution < 1.29 is 23.9 Å². The van der Waals surface area contributed by atoms with E-state index >= 15 is 0 Å². The molecule has 6 N–H and O–H groups in total. The van der Waals surface area contributed by atoms with Crippen molar-refractivity contribution in [1.82, 2.24) is 15.5 Å². The number of rotatable bonds is 12. The maximum atomic E-state index is 13.4. The van der Waals surface area contributed by atoms with Gasteiger partial charge in [0.1, 0.15) is 18.4 Å². The summed E-state index contributed by atoms with van der Waals surface area (Å²) in [6.07, 6.45) is 6.98. The van der Waals surface area contributed by atoms with Crippen LogP contribution in [0.4, 0.5) is 4.79 Å². The van der Waals surface area contributed by atoms with Gasteiger partial charge in [0.15, 0.2) is 5.96 Å². The van der Waals surface area contributed by atoms with Gasteiger partial charge in [-0.15, -0.1) is 0 Å². The fourth-order valence-electron chi connectivity index (χ4n) is 4.59. The van der Waals surface area contributed by atoms with Gasteiger partial charge in [-0.3, -0.25) is 14.6 Å². The van der Waals surface area contributed by atoms with Crippen molar-refractivity contribution in [3.8, 4) is 0 Å². The molecule has 1 unspecified atom stereocenters. The number of hydrogen-bond donors (Lipinski definition) is 4. The van der Waals surface area contributed by atoms with Gasteiger partial charge in [-0.05, 0) is 44.9 Å². The maximum Gasteiger partial charge on any atom is 0.407 e. The maximum absolute atomic E-state index is 13.4. The SMILES string of the molecule is CCOC(=O)NC(CC1CCCC1)C(=O)N1CCC[C@H]1C(=O)N[C@H](C=O)CCCN=C(N)N. The lowest BCUT2D eigenvalue weighted by atomic mass is 9.97. The normalized spacial score (nSPS) is 20.0. The molecule has 0 bridgehead atoms. The molecule has 2 aliphatic rings. The fourth-order valence-corrected chi connectivity index (χ4v) is 4.59. The Morgan fingerprint density at radius 2 is 1.88 bits per heavy atom. The lowest BCUT2D eigenvalue weighted by molar-refractivity contribution is -0.140. The highest BCUT2D eigenvalue weighted by atomic mass is 16.5. The molecule has 0 radical (unpaired) electrons. The molecule has 0 spiro atoms. The largest absolute Gasteiger partial charge is 0.450 e. The summed E-state index contributed by atoms with van der Waals surface area (Å²) >= 11 is 0. The van der Waals surface area contributed by atoms with E-state index in [1.165, 1.54) is 4.90 Å². The number of likely N-dealkylation sites (tertiary alicyclic amines) is 1. The van der Waals surface area contributed by atoms with Gasteiger partial charge in [0.25, 0.3) is 0 Å². The van der Waals surface area contributed by atoms with E-state index in [-0.39, 0.29) is 24.4 Å². The van der Waals surface area contributed by atoms with E-state index in [9.17, 15) is 19.2 Å². The van der Waals surface area contributed by atoms with Crippen molar-refractivity contribution in [2.24, 2.45) is 22.4 Å². The molecule has 3 amide bonds. The van der Waals surface area contributed by atoms with Gasteiger partial charge in [-0.1, -0.05) is 25.7 Å². The minimum Gasteiger partial charge on any atom is -0.450 e. The van der Waals surface area contributed by atoms with E-state index in [1.807, 2.05) is 0 Å². The molecule has 1 heterocycles. The first-order valence-corrected chi connectivity index (χ1v) is 11.9. The Kier molecular flexibility index (Phi) is 10.9. The number of nitrogens with two attached hydrogens (primary N) is 2. The monoisotopic (exact) mass is 466 g/mol. The lowest BCUT2D eigenvalue weighted by Gasteiger charge is -2.30. The highest BCUT2D eigenvalue weighted by molar-refractivity contribution is 5.92. The molecule has 0 aromatic heterocycles. The number of aliphatic imine (C=N–C) groups is 1. The standard InChI is InChI=1S/C22H38N6O5/c1-2-33-22(32)27-17(13-15-7-3-4-8-15)20(31)28-12-6-10-18(28)19(30)26-16(14-29)9-5-11-25-21(23)24/h14-18H,2-13H2,1H3,(H,26,30)(H,27,32)(H4,23,24,25)/t16-,17?,18-/m0/s1. The van der Waals surface area contributed by atoms with Gasteiger partial charge < -0.3 is 36.5 Å². The van der Waals surface area contributed by atoms with E-state index in [0.29, 0.717) is 57.4 Å². The molecule has 2 fully saturated rings. The second-order valence-corrected chi connectivity index (χ2v) is 8.69. The van der Waals surface area contributed by atoms with Crippen LogP contribution >= 0.6 is 0 Å². The minimum atomic E-state index is -0.734. The number of hydrogen-bond acceptors (Lipinski definition) is 6. The predicted molar refractivity (Wildman–Crippen MR) is 123 cm³/mol. The quantitative estimate of drug-likeness (QED) is 0.140. The van der Waals surface area contributed by atoms with Crippen LogP contribution in [0.3, 0.4) is 0 Å². The van der Waals surface area contributed by atoms with Gasteiger partial charge >= 0.3 is 6.09 Å². The van der Waals surface area contributed by atoms with Gasteiger partial charge in [0.2, 0.25) is 11.8 Å². The summed E-state index contributed by atoms with van der Waals surface area (Å²) in [6.45, 7) is 2.70. The topological polar surface area (TPSA) is 169 Å². The van der Waals surface area contributed by atoms with Crippen LogP contribution in [0.15, 0.2) is 4.99 Å². The van der Waals surface area contributed by atoms with Crippen LogP contribution in [0.2, 0.25) is 0 Å². The van der Waals surface area contributed by atoms with Crippen molar-refractivity contribution in [3.05, 3.63) is 0 Å². The summed E-state index contributed by atoms with van der Waals surface area (Å²) in [5.74, 6) is -0.302. The number of carbonyl (C=O) groups excluding carboxylic acids is 4. The van der Waals surface area contributed by atoms with Crippen molar-refractivity contribution in [2.45, 2.75) is 82.8 Å². The number of guanidine groups is 1. The van der Waals surface area contributed by atoms with Crippen LogP contribution in [-0.2, 0) is 19.1 Å². The molecule has 0 aromatic rings. The number of nitrogens with zero attached hydrogens (tertiary/aromatic N) is 2. The first kappa shape index (κ1) is 26.4. The van der Waals surface area contributed by atoms with Gasteiger partial charge in [-0.25, -0.2) is 4.79 Å². The molecular weight excluding hydrogens is 428 g/mol. The van der Waals surface area contributed by atoms with Crippen molar-refractivity contribution in [2.75, 3.05) is 19.7 Å². The summed E-state index contributed by atoms with van der Waals surface area (Å²) in [5.41, 5.74) is 10.6. The second kappa shape index (κ2) is 13.6. The Hall–Kier alpha value is -2.85. The second-order valence-electron chi connectivity index (χ2n) is 8.69. The Labute approximate surface area is 195 Å². The van der Waals surface area contributed by atoms with Crippen molar-refractivity contribution in [3.63, 3.8) is 0 Å². The number of amides is 3. The first-order chi connectivity index (χ1) is 15.8. The number of aldehydes is 1. The molecule has 1 aliphatic heterocycles. The first-order valence-electron chi connectivity index (χ1n) is 11.9. The van der Waals surface area contributed by atoms with E-state index in [0.717, 1.165) is 25.7 Å². The van der Waals surface area contributed by atoms with Gasteiger partial charge in [-0.2, -0.15) is 0 Å². The molecule has 1 saturated heterocycles. The molecule has 186 valence electrons. The van der Waals surface area contributed by atoms with E-state index in [1.54, 1.807) is 6.92 Å². The third kappa shape index (κ3) is 8.54. The molecule has 1 aliphatic carbocycles. The Balaban J connectivity index is 2.00. The lowest BCUT2D eigenvalue weighted by Crippen LogP contribution is -2.55. The van der Waals surface area contributed by atoms with Crippen molar-refractivity contribution >= 4 is 30.2 Å². The molecule has 0 aromatic carbocycles. The van der Waals surface area contributed by atoms with Crippen LogP contribution in [-0.4, -0.2) is 72.9 Å². The summed E-state index contributed by atoms with van der Waals surface area (Å²) in [6, 6.07) is -2.09. The number of ether oxygens (including phenoxy) is 1. The average Bonchev–Trinajstić information content (AvgIpc) is 3.47. The number of nitrogens with one attached hydrogen (secondary N) is 2. The van der Waals surface area contributed by atoms with E-state index in [2.05, 4.69) is 15.6 Å². The Morgan fingerprint density at radius 1 is 1.15 bits per heavy atom. The molecule has 2 rings (SSSR count). The number of carbonyl (C=O) groups is 4. The van der Waals surface area contributed by atoms with Gasteiger partial charge in [0.05, 0.1) is 12.6 Å². The molecule has 3 atom stereocenters. The number of alkyl carbamates (subject to hydrolysis) is 1. The predicted octanol–water partition coefficient (Wildman–Crippen LogP) is 0.410. The summed E-state index contributed by atoms with van der Waals surface area (Å²) in [5, 5.41) is 5.43. The van der Waals surface area contributed by atoms with Crippen LogP contribution < -0.4 is 22.1 Å². The molecule has 11 heteroatoms. The highest BCUT2D eigenvalue weighted by Gasteiger charge is 2.39. The summed E-state index contributed by atoms with van der Waals surface area (Å²) in [7, 11) is 0. The van der Waals surface area contributed by atoms with Crippen molar-refractivity contribution in [1.29, 1.82) is 0 Å². The molecule has 33 heavy (non-hydrogen) atoms. The van der Waals surface area contributed by atoms with Crippen LogP contribution in [0, 0.1) is 5.92 Å². The van der Waals surface area contributed by atoms with Crippen LogP contribution in [0.25, 0.3) is 0 Å². The Morgan fingerprint density at radius 3 is 2.52 bits per heavy atom. The molecule has 11 nitrogen and oxygen atoms in total. The molecule has 1 saturated carbocycles. The van der Waals surface area contributed by atoms with E-state index in [4.69, 9.17) is 16.2 Å². The third-order valence-electron chi connectivity index (χ3n) is 6.21. The summed E-state index contributed by atoms with van der Waals surface area (Å²) in [4.78, 5) is 55.2. The summed E-state index contributed by atoms with van der Waals surface area (Å²) < 4.78 is 4.99. The van der Waals surface area contributed by atoms with Crippen LogP contribution in [0.1, 0.15) is 64.7 Å². The van der Waals surface area contributed by atoms with Gasteiger partial charge in [0, 0.05) is 13.1 Å². The fraction of sp³-hybridized carbons (Fsp3) is 0.773. The highest BCUT2D eigenvalue weighted by Crippen LogP contribution is 2.30. The molecular formula is C22H38N6O5.